The Labute approximate surface area is 232 Å². The molecule has 0 spiro atoms. The number of halogens is 1. The number of nitrogens with zero attached hydrogens (tertiary/aromatic N) is 4. The lowest BCUT2D eigenvalue weighted by atomic mass is 10.0. The SMILES string of the molecule is CCc1nn(-c2ccccc2)c2c1CN(C(=O)Nc1cc(Cl)ccc1OC)[C@@H](c1ccccc1)c1cccn1-2. The Kier molecular flexibility index (Phi) is 6.59. The first-order valence-corrected chi connectivity index (χ1v) is 13.3. The Morgan fingerprint density at radius 3 is 2.49 bits per heavy atom. The summed E-state index contributed by atoms with van der Waals surface area (Å²) in [6.45, 7) is 2.45. The maximum atomic E-state index is 14.2. The Hall–Kier alpha value is -4.49. The molecule has 2 aromatic heterocycles. The summed E-state index contributed by atoms with van der Waals surface area (Å²) >= 11 is 6.28. The summed E-state index contributed by atoms with van der Waals surface area (Å²) in [5, 5.41) is 8.60. The van der Waals surface area contributed by atoms with Crippen molar-refractivity contribution in [1.29, 1.82) is 0 Å². The Balaban J connectivity index is 1.54. The number of fused-ring (bicyclic) bond motifs is 3. The molecule has 0 saturated heterocycles. The lowest BCUT2D eigenvalue weighted by Gasteiger charge is -2.31. The second kappa shape index (κ2) is 10.3. The normalized spacial score (nSPS) is 14.3. The first-order chi connectivity index (χ1) is 19.1. The van der Waals surface area contributed by atoms with Gasteiger partial charge in [0.2, 0.25) is 0 Å². The predicted octanol–water partition coefficient (Wildman–Crippen LogP) is 7.02. The predicted molar refractivity (Wildman–Crippen MR) is 153 cm³/mol. The number of benzene rings is 3. The Morgan fingerprint density at radius 2 is 1.77 bits per heavy atom. The molecule has 0 fully saturated rings. The van der Waals surface area contributed by atoms with Crippen molar-refractivity contribution in [3.05, 3.63) is 125 Å². The number of hydrogen-bond donors (Lipinski definition) is 1. The number of nitrogens with one attached hydrogen (secondary N) is 1. The smallest absolute Gasteiger partial charge is 0.323 e. The van der Waals surface area contributed by atoms with Gasteiger partial charge in [-0.25, -0.2) is 9.48 Å². The van der Waals surface area contributed by atoms with E-state index in [9.17, 15) is 4.79 Å². The number of anilines is 1. The van der Waals surface area contributed by atoms with Gasteiger partial charge in [0.1, 0.15) is 11.6 Å². The number of para-hydroxylation sites is 1. The molecule has 1 aliphatic rings. The number of aromatic nitrogens is 3. The van der Waals surface area contributed by atoms with E-state index in [-0.39, 0.29) is 12.1 Å². The van der Waals surface area contributed by atoms with Crippen molar-refractivity contribution in [1.82, 2.24) is 19.2 Å². The van der Waals surface area contributed by atoms with Crippen LogP contribution < -0.4 is 10.1 Å². The molecule has 3 heterocycles. The fourth-order valence-corrected chi connectivity index (χ4v) is 5.47. The zero-order chi connectivity index (χ0) is 26.9. The molecule has 1 atom stereocenters. The third-order valence-electron chi connectivity index (χ3n) is 7.08. The second-order valence-electron chi connectivity index (χ2n) is 9.37. The molecule has 0 unspecified atom stereocenters. The van der Waals surface area contributed by atoms with Gasteiger partial charge in [0.15, 0.2) is 0 Å². The fourth-order valence-electron chi connectivity index (χ4n) is 5.30. The van der Waals surface area contributed by atoms with Gasteiger partial charge in [-0.1, -0.05) is 67.1 Å². The summed E-state index contributed by atoms with van der Waals surface area (Å²) in [5.74, 6) is 1.48. The molecule has 2 amide bonds. The summed E-state index contributed by atoms with van der Waals surface area (Å²) in [6.07, 6.45) is 2.78. The van der Waals surface area contributed by atoms with Crippen molar-refractivity contribution < 1.29 is 9.53 Å². The van der Waals surface area contributed by atoms with E-state index >= 15 is 0 Å². The van der Waals surface area contributed by atoms with Gasteiger partial charge in [0.25, 0.3) is 0 Å². The molecule has 7 nitrogen and oxygen atoms in total. The van der Waals surface area contributed by atoms with Crippen LogP contribution in [0.4, 0.5) is 10.5 Å². The largest absolute Gasteiger partial charge is 0.495 e. The van der Waals surface area contributed by atoms with E-state index in [1.54, 1.807) is 25.3 Å². The van der Waals surface area contributed by atoms with Crippen molar-refractivity contribution in [2.24, 2.45) is 0 Å². The second-order valence-corrected chi connectivity index (χ2v) is 9.81. The van der Waals surface area contributed by atoms with E-state index in [2.05, 4.69) is 35.0 Å². The van der Waals surface area contributed by atoms with Gasteiger partial charge in [-0.3, -0.25) is 0 Å². The van der Waals surface area contributed by atoms with Gasteiger partial charge >= 0.3 is 6.03 Å². The van der Waals surface area contributed by atoms with Crippen molar-refractivity contribution in [3.8, 4) is 17.3 Å². The fraction of sp³-hybridized carbons (Fsp3) is 0.161. The van der Waals surface area contributed by atoms with Gasteiger partial charge in [-0.15, -0.1) is 0 Å². The quantitative estimate of drug-likeness (QED) is 0.262. The molecular weight excluding hydrogens is 510 g/mol. The number of rotatable bonds is 5. The van der Waals surface area contributed by atoms with Crippen LogP contribution in [0.1, 0.15) is 35.5 Å². The maximum Gasteiger partial charge on any atom is 0.323 e. The molecule has 196 valence electrons. The van der Waals surface area contributed by atoms with Crippen LogP contribution in [0.3, 0.4) is 0 Å². The molecular formula is C31H28ClN5O2. The van der Waals surface area contributed by atoms with Crippen molar-refractivity contribution >= 4 is 23.3 Å². The molecule has 1 N–H and O–H groups in total. The number of carbonyl (C=O) groups excluding carboxylic acids is 1. The number of methoxy groups -OCH3 is 1. The highest BCUT2D eigenvalue weighted by molar-refractivity contribution is 6.31. The molecule has 1 aliphatic heterocycles. The summed E-state index contributed by atoms with van der Waals surface area (Å²) in [6, 6.07) is 28.9. The zero-order valence-corrected chi connectivity index (χ0v) is 22.5. The monoisotopic (exact) mass is 537 g/mol. The first-order valence-electron chi connectivity index (χ1n) is 12.9. The van der Waals surface area contributed by atoms with E-state index in [0.717, 1.165) is 40.4 Å². The molecule has 39 heavy (non-hydrogen) atoms. The molecule has 3 aromatic carbocycles. The highest BCUT2D eigenvalue weighted by Crippen LogP contribution is 2.39. The molecule has 6 rings (SSSR count). The number of aryl methyl sites for hydroxylation is 1. The summed E-state index contributed by atoms with van der Waals surface area (Å²) < 4.78 is 9.66. The van der Waals surface area contributed by atoms with Crippen molar-refractivity contribution in [2.75, 3.05) is 12.4 Å². The Bertz CT molecular complexity index is 1630. The van der Waals surface area contributed by atoms with Gasteiger partial charge in [-0.05, 0) is 54.4 Å². The topological polar surface area (TPSA) is 64.3 Å². The van der Waals surface area contributed by atoms with Crippen LogP contribution in [-0.2, 0) is 13.0 Å². The number of urea groups is 1. The average Bonchev–Trinajstić information content (AvgIpc) is 3.55. The zero-order valence-electron chi connectivity index (χ0n) is 21.7. The van der Waals surface area contributed by atoms with Crippen LogP contribution in [0.15, 0.2) is 97.2 Å². The van der Waals surface area contributed by atoms with E-state index in [1.807, 2.05) is 70.4 Å². The minimum atomic E-state index is -0.354. The molecule has 0 bridgehead atoms. The van der Waals surface area contributed by atoms with E-state index < -0.39 is 0 Å². The maximum absolute atomic E-state index is 14.2. The van der Waals surface area contributed by atoms with E-state index in [1.165, 1.54) is 0 Å². The minimum Gasteiger partial charge on any atom is -0.495 e. The van der Waals surface area contributed by atoms with Crippen LogP contribution in [0.2, 0.25) is 5.02 Å². The first kappa shape index (κ1) is 24.8. The summed E-state index contributed by atoms with van der Waals surface area (Å²) in [5.41, 5.74) is 5.40. The van der Waals surface area contributed by atoms with Gasteiger partial charge in [0, 0.05) is 16.8 Å². The van der Waals surface area contributed by atoms with Crippen LogP contribution >= 0.6 is 11.6 Å². The van der Waals surface area contributed by atoms with Crippen LogP contribution in [-0.4, -0.2) is 32.4 Å². The van der Waals surface area contributed by atoms with Crippen LogP contribution in [0, 0.1) is 0 Å². The third-order valence-corrected chi connectivity index (χ3v) is 7.32. The molecule has 8 heteroatoms. The number of carbonyl (C=O) groups is 1. The van der Waals surface area contributed by atoms with Gasteiger partial charge < -0.3 is 19.5 Å². The van der Waals surface area contributed by atoms with E-state index in [0.29, 0.717) is 23.0 Å². The van der Waals surface area contributed by atoms with Crippen molar-refractivity contribution in [3.63, 3.8) is 0 Å². The number of hydrogen-bond acceptors (Lipinski definition) is 3. The average molecular weight is 538 g/mol. The lowest BCUT2D eigenvalue weighted by Crippen LogP contribution is -2.38. The molecule has 0 aliphatic carbocycles. The highest BCUT2D eigenvalue weighted by Gasteiger charge is 2.36. The van der Waals surface area contributed by atoms with E-state index in [4.69, 9.17) is 21.4 Å². The number of amides is 2. The Morgan fingerprint density at radius 1 is 1.03 bits per heavy atom. The van der Waals surface area contributed by atoms with Crippen LogP contribution in [0.25, 0.3) is 11.5 Å². The standard InChI is InChI=1S/C31H28ClN5O2/c1-3-25-24-20-36(31(38)33-26-19-22(32)16-17-28(26)39-2)29(21-11-6-4-7-12-21)27-15-10-18-35(27)30(24)37(34-25)23-13-8-5-9-14-23/h4-19,29H,3,20H2,1-2H3,(H,33,38)/t29-/m0/s1. The minimum absolute atomic E-state index is 0.264. The van der Waals surface area contributed by atoms with Crippen molar-refractivity contribution in [2.45, 2.75) is 25.9 Å². The molecule has 0 saturated carbocycles. The lowest BCUT2D eigenvalue weighted by molar-refractivity contribution is 0.194. The summed E-state index contributed by atoms with van der Waals surface area (Å²) in [7, 11) is 1.57. The molecule has 5 aromatic rings. The third kappa shape index (κ3) is 4.45. The number of ether oxygens (including phenoxy) is 1. The van der Waals surface area contributed by atoms with Gasteiger partial charge in [-0.2, -0.15) is 5.10 Å². The van der Waals surface area contributed by atoms with Crippen LogP contribution in [0.5, 0.6) is 5.75 Å². The summed E-state index contributed by atoms with van der Waals surface area (Å²) in [4.78, 5) is 16.0. The van der Waals surface area contributed by atoms with Gasteiger partial charge in [0.05, 0.1) is 42.5 Å². The molecule has 0 radical (unpaired) electrons. The highest BCUT2D eigenvalue weighted by atomic mass is 35.5.